The average Bonchev–Trinajstić information content (AvgIpc) is 3.11. The Hall–Kier alpha value is -1.98. The zero-order chi connectivity index (χ0) is 19.6. The average molecular weight is 487 g/mol. The van der Waals surface area contributed by atoms with Gasteiger partial charge in [-0.25, -0.2) is 9.87 Å². The highest BCUT2D eigenvalue weighted by Gasteiger charge is 2.28. The number of hydrogen-bond donors (Lipinski definition) is 3. The highest BCUT2D eigenvalue weighted by molar-refractivity contribution is 14.1. The topological polar surface area (TPSA) is 92.6 Å². The number of aliphatic hydroxyl groups is 1. The van der Waals surface area contributed by atoms with Gasteiger partial charge in [-0.3, -0.25) is 19.0 Å². The van der Waals surface area contributed by atoms with Crippen LogP contribution in [0.15, 0.2) is 23.0 Å². The molecule has 0 saturated heterocycles. The summed E-state index contributed by atoms with van der Waals surface area (Å²) in [6.07, 6.45) is 1.94. The van der Waals surface area contributed by atoms with Crippen LogP contribution in [0.4, 0.5) is 15.9 Å². The van der Waals surface area contributed by atoms with Crippen LogP contribution < -0.4 is 16.4 Å². The molecular weight excluding hydrogens is 468 g/mol. The molecule has 3 rings (SSSR count). The molecule has 7 nitrogen and oxygen atoms in total. The first-order valence-corrected chi connectivity index (χ1v) is 9.51. The Morgan fingerprint density at radius 1 is 1.37 bits per heavy atom. The second kappa shape index (κ2) is 8.36. The SMILES string of the molecule is Cn1c(Nc2ccc(I)cc2F)c(C(=O)NOCCO)c2c(c1=O)CCC2. The summed E-state index contributed by atoms with van der Waals surface area (Å²) in [4.78, 5) is 30.3. The van der Waals surface area contributed by atoms with Gasteiger partial charge >= 0.3 is 0 Å². The van der Waals surface area contributed by atoms with Gasteiger partial charge in [-0.1, -0.05) is 0 Å². The number of halogens is 2. The number of hydroxylamine groups is 1. The van der Waals surface area contributed by atoms with Crippen molar-refractivity contribution >= 4 is 40.0 Å². The third-order valence-electron chi connectivity index (χ3n) is 4.42. The first-order valence-electron chi connectivity index (χ1n) is 8.43. The molecule has 0 spiro atoms. The van der Waals surface area contributed by atoms with Gasteiger partial charge in [0.25, 0.3) is 11.5 Å². The van der Waals surface area contributed by atoms with Gasteiger partial charge in [0.05, 0.1) is 24.5 Å². The van der Waals surface area contributed by atoms with Gasteiger partial charge in [0, 0.05) is 16.2 Å². The lowest BCUT2D eigenvalue weighted by molar-refractivity contribution is 0.0168. The van der Waals surface area contributed by atoms with Gasteiger partial charge in [-0.05, 0) is 65.6 Å². The maximum Gasteiger partial charge on any atom is 0.278 e. The van der Waals surface area contributed by atoms with Crippen LogP contribution in [0.2, 0.25) is 0 Å². The van der Waals surface area contributed by atoms with E-state index in [0.29, 0.717) is 24.0 Å². The number of rotatable bonds is 6. The number of amides is 1. The number of benzene rings is 1. The fourth-order valence-corrected chi connectivity index (χ4v) is 3.65. The Morgan fingerprint density at radius 2 is 2.11 bits per heavy atom. The molecule has 1 amide bonds. The van der Waals surface area contributed by atoms with E-state index in [-0.39, 0.29) is 35.8 Å². The van der Waals surface area contributed by atoms with E-state index in [1.807, 2.05) is 22.6 Å². The van der Waals surface area contributed by atoms with Crippen LogP contribution in [0, 0.1) is 9.39 Å². The Kier molecular flexibility index (Phi) is 6.12. The number of pyridine rings is 1. The van der Waals surface area contributed by atoms with Gasteiger partial charge < -0.3 is 10.4 Å². The Morgan fingerprint density at radius 3 is 2.81 bits per heavy atom. The van der Waals surface area contributed by atoms with E-state index >= 15 is 0 Å². The maximum atomic E-state index is 14.3. The van der Waals surface area contributed by atoms with E-state index in [4.69, 9.17) is 9.94 Å². The molecule has 1 aromatic carbocycles. The largest absolute Gasteiger partial charge is 0.394 e. The van der Waals surface area contributed by atoms with Gasteiger partial charge in [0.2, 0.25) is 0 Å². The minimum Gasteiger partial charge on any atom is -0.394 e. The number of aliphatic hydroxyl groups excluding tert-OH is 1. The standard InChI is InChI=1S/C18H19FIN3O4/c1-23-16(21-14-6-5-10(20)9-13(14)19)15(17(25)22-27-8-7-24)11-3-2-4-12(11)18(23)26/h5-6,9,21,24H,2-4,7-8H2,1H3,(H,22,25). The molecule has 0 saturated carbocycles. The molecule has 1 aromatic heterocycles. The second-order valence-corrected chi connectivity index (χ2v) is 7.40. The van der Waals surface area contributed by atoms with Gasteiger partial charge in [0.15, 0.2) is 0 Å². The molecule has 1 aliphatic rings. The first-order chi connectivity index (χ1) is 12.9. The molecule has 144 valence electrons. The summed E-state index contributed by atoms with van der Waals surface area (Å²) in [6.45, 7) is -0.307. The van der Waals surface area contributed by atoms with Crippen molar-refractivity contribution in [3.05, 3.63) is 54.6 Å². The number of anilines is 2. The lowest BCUT2D eigenvalue weighted by atomic mass is 10.0. The number of hydrogen-bond acceptors (Lipinski definition) is 5. The van der Waals surface area contributed by atoms with E-state index in [1.165, 1.54) is 10.6 Å². The van der Waals surface area contributed by atoms with E-state index < -0.39 is 11.7 Å². The van der Waals surface area contributed by atoms with E-state index in [2.05, 4.69) is 10.8 Å². The van der Waals surface area contributed by atoms with Crippen molar-refractivity contribution < 1.29 is 19.1 Å². The third-order valence-corrected chi connectivity index (χ3v) is 5.10. The molecule has 1 aliphatic carbocycles. The summed E-state index contributed by atoms with van der Waals surface area (Å²) in [5, 5.41) is 11.7. The molecule has 27 heavy (non-hydrogen) atoms. The molecule has 0 aliphatic heterocycles. The summed E-state index contributed by atoms with van der Waals surface area (Å²) >= 11 is 2.00. The summed E-state index contributed by atoms with van der Waals surface area (Å²) < 4.78 is 16.4. The molecule has 1 heterocycles. The van der Waals surface area contributed by atoms with Crippen LogP contribution in [-0.4, -0.2) is 28.8 Å². The minimum atomic E-state index is -0.550. The van der Waals surface area contributed by atoms with Crippen LogP contribution in [-0.2, 0) is 24.7 Å². The quantitative estimate of drug-likeness (QED) is 0.330. The monoisotopic (exact) mass is 487 g/mol. The predicted molar refractivity (Wildman–Crippen MR) is 107 cm³/mol. The van der Waals surface area contributed by atoms with E-state index in [0.717, 1.165) is 9.99 Å². The molecular formula is C18H19FIN3O4. The van der Waals surface area contributed by atoms with Crippen molar-refractivity contribution in [3.8, 4) is 0 Å². The molecule has 0 bridgehead atoms. The van der Waals surface area contributed by atoms with Crippen molar-refractivity contribution in [3.63, 3.8) is 0 Å². The van der Waals surface area contributed by atoms with Crippen molar-refractivity contribution in [1.82, 2.24) is 10.0 Å². The zero-order valence-corrected chi connectivity index (χ0v) is 16.8. The molecule has 9 heteroatoms. The summed E-state index contributed by atoms with van der Waals surface area (Å²) in [6, 6.07) is 4.64. The Balaban J connectivity index is 2.09. The van der Waals surface area contributed by atoms with Crippen molar-refractivity contribution in [2.75, 3.05) is 18.5 Å². The van der Waals surface area contributed by atoms with Gasteiger partial charge in [0.1, 0.15) is 11.6 Å². The van der Waals surface area contributed by atoms with Crippen LogP contribution in [0.25, 0.3) is 0 Å². The Labute approximate surface area is 168 Å². The predicted octanol–water partition coefficient (Wildman–Crippen LogP) is 2.01. The fraction of sp³-hybridized carbons (Fsp3) is 0.333. The maximum absolute atomic E-state index is 14.3. The Bertz CT molecular complexity index is 945. The number of carbonyl (C=O) groups is 1. The lowest BCUT2D eigenvalue weighted by Crippen LogP contribution is -2.32. The molecule has 0 atom stereocenters. The van der Waals surface area contributed by atoms with Gasteiger partial charge in [-0.2, -0.15) is 0 Å². The van der Waals surface area contributed by atoms with Crippen LogP contribution in [0.1, 0.15) is 27.9 Å². The zero-order valence-electron chi connectivity index (χ0n) is 14.6. The van der Waals surface area contributed by atoms with Crippen molar-refractivity contribution in [2.45, 2.75) is 19.3 Å². The molecule has 0 radical (unpaired) electrons. The molecule has 3 N–H and O–H groups in total. The van der Waals surface area contributed by atoms with Crippen LogP contribution >= 0.6 is 22.6 Å². The number of carbonyl (C=O) groups excluding carboxylic acids is 1. The summed E-state index contributed by atoms with van der Waals surface area (Å²) in [5.74, 6) is -0.839. The fourth-order valence-electron chi connectivity index (χ4n) is 3.19. The van der Waals surface area contributed by atoms with Gasteiger partial charge in [-0.15, -0.1) is 0 Å². The summed E-state index contributed by atoms with van der Waals surface area (Å²) in [7, 11) is 1.54. The number of nitrogens with zero attached hydrogens (tertiary/aromatic N) is 1. The van der Waals surface area contributed by atoms with Crippen LogP contribution in [0.5, 0.6) is 0 Å². The second-order valence-electron chi connectivity index (χ2n) is 6.15. The molecule has 0 fully saturated rings. The normalized spacial score (nSPS) is 12.7. The smallest absolute Gasteiger partial charge is 0.278 e. The van der Waals surface area contributed by atoms with E-state index in [1.54, 1.807) is 19.2 Å². The van der Waals surface area contributed by atoms with Crippen molar-refractivity contribution in [1.29, 1.82) is 0 Å². The van der Waals surface area contributed by atoms with Crippen molar-refractivity contribution in [2.24, 2.45) is 7.05 Å². The van der Waals surface area contributed by atoms with E-state index in [9.17, 15) is 14.0 Å². The number of nitrogens with one attached hydrogen (secondary N) is 2. The highest BCUT2D eigenvalue weighted by atomic mass is 127. The lowest BCUT2D eigenvalue weighted by Gasteiger charge is -2.19. The van der Waals surface area contributed by atoms with Crippen LogP contribution in [0.3, 0.4) is 0 Å². The highest BCUT2D eigenvalue weighted by Crippen LogP contribution is 2.30. The molecule has 0 unspecified atom stereocenters. The number of aromatic nitrogens is 1. The first kappa shape index (κ1) is 19.8. The molecule has 2 aromatic rings. The summed E-state index contributed by atoms with van der Waals surface area (Å²) in [5.41, 5.74) is 3.73. The third kappa shape index (κ3) is 3.99. The number of fused-ring (bicyclic) bond motifs is 1. The minimum absolute atomic E-state index is 0.0613.